The first-order chi connectivity index (χ1) is 10.0. The van der Waals surface area contributed by atoms with Crippen LogP contribution in [-0.2, 0) is 9.59 Å². The van der Waals surface area contributed by atoms with Crippen molar-refractivity contribution in [1.82, 2.24) is 4.68 Å². The van der Waals surface area contributed by atoms with Crippen LogP contribution in [0.3, 0.4) is 0 Å². The highest BCUT2D eigenvalue weighted by atomic mass is 16.2. The summed E-state index contributed by atoms with van der Waals surface area (Å²) in [7, 11) is 0. The van der Waals surface area contributed by atoms with E-state index in [4.69, 9.17) is 0 Å². The Kier molecular flexibility index (Phi) is 3.98. The molecule has 2 amide bonds. The van der Waals surface area contributed by atoms with E-state index in [-0.39, 0.29) is 30.4 Å². The molecule has 1 aliphatic heterocycles. The Morgan fingerprint density at radius 3 is 2.43 bits per heavy atom. The third kappa shape index (κ3) is 2.47. The van der Waals surface area contributed by atoms with E-state index >= 15 is 0 Å². The van der Waals surface area contributed by atoms with Gasteiger partial charge in [0.2, 0.25) is 11.8 Å². The number of allylic oxidation sites excluding steroid dienone is 1. The number of imide groups is 1. The normalized spacial score (nSPS) is 16.7. The van der Waals surface area contributed by atoms with Crippen LogP contribution in [0.15, 0.2) is 23.8 Å². The first kappa shape index (κ1) is 14.6. The van der Waals surface area contributed by atoms with Crippen molar-refractivity contribution in [3.8, 4) is 0 Å². The van der Waals surface area contributed by atoms with Crippen LogP contribution in [0.1, 0.15) is 30.1 Å². The lowest BCUT2D eigenvalue weighted by Crippen LogP contribution is -2.47. The van der Waals surface area contributed by atoms with E-state index in [2.05, 4.69) is 18.3 Å². The highest BCUT2D eigenvalue weighted by Gasteiger charge is 2.31. The summed E-state index contributed by atoms with van der Waals surface area (Å²) in [6, 6.07) is 0. The van der Waals surface area contributed by atoms with E-state index in [0.29, 0.717) is 16.1 Å². The highest BCUT2D eigenvalue weighted by molar-refractivity contribution is 6.14. The van der Waals surface area contributed by atoms with Crippen molar-refractivity contribution in [2.45, 2.75) is 19.8 Å². The molecule has 21 heavy (non-hydrogen) atoms. The number of aliphatic imine (C=N–C) groups is 1. The summed E-state index contributed by atoms with van der Waals surface area (Å²) in [5, 5.41) is 2.04. The molecular formula is C15H15N3O3. The van der Waals surface area contributed by atoms with Crippen LogP contribution in [0.5, 0.6) is 0 Å². The van der Waals surface area contributed by atoms with Crippen LogP contribution in [0, 0.1) is 0 Å². The van der Waals surface area contributed by atoms with Gasteiger partial charge in [-0.05, 0) is 19.7 Å². The smallest absolute Gasteiger partial charge is 0.249 e. The third-order valence-electron chi connectivity index (χ3n) is 3.18. The largest absolute Gasteiger partial charge is 0.294 e. The highest BCUT2D eigenvalue weighted by Crippen LogP contribution is 2.10. The number of carbonyl (C=O) groups is 3. The molecule has 2 rings (SSSR count). The van der Waals surface area contributed by atoms with E-state index < -0.39 is 0 Å². The van der Waals surface area contributed by atoms with Gasteiger partial charge in [-0.1, -0.05) is 12.7 Å². The van der Waals surface area contributed by atoms with Crippen molar-refractivity contribution in [3.63, 3.8) is 0 Å². The Balaban J connectivity index is 2.84. The van der Waals surface area contributed by atoms with E-state index in [9.17, 15) is 14.4 Å². The molecule has 0 radical (unpaired) electrons. The summed E-state index contributed by atoms with van der Waals surface area (Å²) in [5.41, 5.74) is 0.364. The fourth-order valence-electron chi connectivity index (χ4n) is 2.28. The molecule has 1 aromatic rings. The van der Waals surface area contributed by atoms with Gasteiger partial charge in [0.05, 0.1) is 5.35 Å². The molecule has 0 unspecified atom stereocenters. The van der Waals surface area contributed by atoms with Gasteiger partial charge in [-0.2, -0.15) is 5.01 Å². The third-order valence-corrected chi connectivity index (χ3v) is 3.18. The van der Waals surface area contributed by atoms with Crippen molar-refractivity contribution >= 4 is 36.6 Å². The minimum Gasteiger partial charge on any atom is -0.294 e. The quantitative estimate of drug-likeness (QED) is 0.440. The predicted octanol–water partition coefficient (Wildman–Crippen LogP) is -0.119. The molecular weight excluding hydrogens is 270 g/mol. The molecule has 6 nitrogen and oxygen atoms in total. The molecule has 0 atom stereocenters. The summed E-state index contributed by atoms with van der Waals surface area (Å²) in [5.74, 6) is -0.801. The monoisotopic (exact) mass is 285 g/mol. The maximum absolute atomic E-state index is 11.9. The molecule has 0 bridgehead atoms. The lowest BCUT2D eigenvalue weighted by Gasteiger charge is -2.15. The Hall–Kier alpha value is -2.76. The van der Waals surface area contributed by atoms with Crippen LogP contribution in [-0.4, -0.2) is 29.0 Å². The van der Waals surface area contributed by atoms with Gasteiger partial charge < -0.3 is 0 Å². The van der Waals surface area contributed by atoms with Gasteiger partial charge in [0, 0.05) is 36.0 Å². The van der Waals surface area contributed by atoms with Crippen LogP contribution in [0.2, 0.25) is 0 Å². The number of ketones is 1. The summed E-state index contributed by atoms with van der Waals surface area (Å²) in [6.45, 7) is 8.40. The van der Waals surface area contributed by atoms with Gasteiger partial charge in [0.15, 0.2) is 5.78 Å². The molecule has 1 fully saturated rings. The van der Waals surface area contributed by atoms with Crippen molar-refractivity contribution in [1.29, 1.82) is 0 Å². The van der Waals surface area contributed by atoms with Crippen molar-refractivity contribution in [2.24, 2.45) is 4.99 Å². The number of nitrogens with zero attached hydrogens (tertiary/aromatic N) is 3. The zero-order chi connectivity index (χ0) is 15.6. The molecule has 6 heteroatoms. The first-order valence-electron chi connectivity index (χ1n) is 6.38. The molecule has 1 aromatic heterocycles. The number of amides is 2. The average Bonchev–Trinajstić information content (AvgIpc) is 2.93. The molecule has 108 valence electrons. The van der Waals surface area contributed by atoms with Crippen LogP contribution >= 0.6 is 0 Å². The molecule has 1 saturated heterocycles. The average molecular weight is 285 g/mol. The van der Waals surface area contributed by atoms with Gasteiger partial charge in [0.1, 0.15) is 0 Å². The fourth-order valence-corrected chi connectivity index (χ4v) is 2.28. The first-order valence-corrected chi connectivity index (χ1v) is 6.38. The Morgan fingerprint density at radius 1 is 1.33 bits per heavy atom. The predicted molar refractivity (Wildman–Crippen MR) is 79.8 cm³/mol. The van der Waals surface area contributed by atoms with E-state index in [1.54, 1.807) is 6.08 Å². The van der Waals surface area contributed by atoms with Gasteiger partial charge >= 0.3 is 0 Å². The van der Waals surface area contributed by atoms with Crippen molar-refractivity contribution in [2.75, 3.05) is 5.01 Å². The van der Waals surface area contributed by atoms with Crippen LogP contribution in [0.4, 0.5) is 0 Å². The minimum absolute atomic E-state index is 0.165. The summed E-state index contributed by atoms with van der Waals surface area (Å²) < 4.78 is 1.38. The molecule has 0 aliphatic carbocycles. The number of aromatic nitrogens is 1. The van der Waals surface area contributed by atoms with Gasteiger partial charge in [-0.25, -0.2) is 4.68 Å². The number of rotatable bonds is 4. The van der Waals surface area contributed by atoms with Crippen molar-refractivity contribution < 1.29 is 14.4 Å². The Bertz CT molecular complexity index is 755. The number of hydrogen-bond donors (Lipinski definition) is 0. The summed E-state index contributed by atoms with van der Waals surface area (Å²) in [6.07, 6.45) is 6.35. The zero-order valence-electron chi connectivity index (χ0n) is 11.7. The molecule has 0 aromatic carbocycles. The van der Waals surface area contributed by atoms with E-state index in [1.165, 1.54) is 30.1 Å². The molecule has 1 aliphatic rings. The van der Waals surface area contributed by atoms with E-state index in [0.717, 1.165) is 5.01 Å². The summed E-state index contributed by atoms with van der Waals surface area (Å²) >= 11 is 0. The number of carbonyl (C=O) groups excluding carboxylic acids is 3. The Morgan fingerprint density at radius 2 is 1.95 bits per heavy atom. The van der Waals surface area contributed by atoms with Crippen molar-refractivity contribution in [3.05, 3.63) is 35.0 Å². The standard InChI is InChI=1S/C15H15N3O3/c1-4-5-13-11(8-16-3)12(10(2)19)9-17(13)18-14(20)6-7-15(18)21/h4-5,8-9H,1,3,6-7H2,2H3/b11-8-,13-5+. The van der Waals surface area contributed by atoms with Gasteiger partial charge in [0.25, 0.3) is 0 Å². The fraction of sp³-hybridized carbons (Fsp3) is 0.200. The molecule has 0 spiro atoms. The topological polar surface area (TPSA) is 71.7 Å². The minimum atomic E-state index is -0.304. The lowest BCUT2D eigenvalue weighted by molar-refractivity contribution is -0.123. The van der Waals surface area contributed by atoms with E-state index in [1.807, 2.05) is 0 Å². The Labute approximate surface area is 121 Å². The number of hydrogen-bond acceptors (Lipinski definition) is 4. The molecule has 0 N–H and O–H groups in total. The summed E-state index contributed by atoms with van der Waals surface area (Å²) in [4.78, 5) is 39.3. The molecule has 0 saturated carbocycles. The van der Waals surface area contributed by atoms with Crippen LogP contribution < -0.4 is 15.6 Å². The second-order valence-electron chi connectivity index (χ2n) is 4.56. The van der Waals surface area contributed by atoms with Gasteiger partial charge in [-0.15, -0.1) is 0 Å². The second kappa shape index (κ2) is 5.70. The maximum Gasteiger partial charge on any atom is 0.249 e. The lowest BCUT2D eigenvalue weighted by atomic mass is 10.2. The molecule has 2 heterocycles. The second-order valence-corrected chi connectivity index (χ2v) is 4.56. The zero-order valence-corrected chi connectivity index (χ0v) is 11.7. The maximum atomic E-state index is 11.9. The number of Topliss-reactive ketones (excluding diaryl/α,β-unsaturated/α-hetero) is 1. The van der Waals surface area contributed by atoms with Gasteiger partial charge in [-0.3, -0.25) is 19.4 Å². The van der Waals surface area contributed by atoms with Crippen LogP contribution in [0.25, 0.3) is 12.3 Å². The SMILES string of the molecule is C=C/C=c1\c(=C/N=C)c(C(C)=O)cn1N1C(=O)CCC1=O.